The lowest BCUT2D eigenvalue weighted by molar-refractivity contribution is -0.365. The summed E-state index contributed by atoms with van der Waals surface area (Å²) < 4.78 is 52.3. The van der Waals surface area contributed by atoms with Crippen molar-refractivity contribution in [1.82, 2.24) is 0 Å². The van der Waals surface area contributed by atoms with Gasteiger partial charge < -0.3 is 43.0 Å². The van der Waals surface area contributed by atoms with Crippen LogP contribution in [0.5, 0.6) is 0 Å². The van der Waals surface area contributed by atoms with Crippen molar-refractivity contribution in [2.45, 2.75) is 102 Å². The average molecular weight is 711 g/mol. The zero-order valence-corrected chi connectivity index (χ0v) is 29.9. The molecule has 2 heterocycles. The van der Waals surface area contributed by atoms with Crippen LogP contribution in [-0.4, -0.2) is 73.1 Å². The molecular formula is C43H50O9. The number of ether oxygens (including phenoxy) is 8. The molecule has 6 rings (SSSR count). The molecule has 0 aromatic heterocycles. The number of hydrogen-bond acceptors (Lipinski definition) is 9. The Labute approximate surface area is 307 Å². The lowest BCUT2D eigenvalue weighted by atomic mass is 9.96. The van der Waals surface area contributed by atoms with E-state index in [1.807, 2.05) is 135 Å². The van der Waals surface area contributed by atoms with E-state index in [0.717, 1.165) is 22.3 Å². The lowest BCUT2D eigenvalue weighted by Crippen LogP contribution is -2.64. The molecule has 276 valence electrons. The first-order valence-electron chi connectivity index (χ1n) is 18.0. The van der Waals surface area contributed by atoms with Gasteiger partial charge in [-0.05, 0) is 36.1 Å². The van der Waals surface area contributed by atoms with Crippen LogP contribution in [0.4, 0.5) is 0 Å². The highest BCUT2D eigenvalue weighted by atomic mass is 16.7. The van der Waals surface area contributed by atoms with Crippen LogP contribution in [-0.2, 0) is 64.3 Å². The van der Waals surface area contributed by atoms with E-state index in [2.05, 4.69) is 6.58 Å². The third kappa shape index (κ3) is 10.2. The van der Waals surface area contributed by atoms with Crippen molar-refractivity contribution in [3.63, 3.8) is 0 Å². The smallest absolute Gasteiger partial charge is 0.187 e. The van der Waals surface area contributed by atoms with Crippen molar-refractivity contribution in [2.24, 2.45) is 0 Å². The number of rotatable bonds is 17. The summed E-state index contributed by atoms with van der Waals surface area (Å²) in [5, 5.41) is 11.3. The number of aliphatic hydroxyl groups excluding tert-OH is 1. The minimum Gasteiger partial charge on any atom is -0.369 e. The maximum Gasteiger partial charge on any atom is 0.187 e. The Balaban J connectivity index is 1.30. The van der Waals surface area contributed by atoms with Crippen molar-refractivity contribution in [2.75, 3.05) is 6.61 Å². The fourth-order valence-corrected chi connectivity index (χ4v) is 6.63. The number of hydrogen-bond donors (Lipinski definition) is 1. The maximum atomic E-state index is 11.3. The average Bonchev–Trinajstić information content (AvgIpc) is 3.18. The fraction of sp³-hybridized carbons (Fsp3) is 0.395. The number of benzene rings is 4. The fourth-order valence-electron chi connectivity index (χ4n) is 6.63. The van der Waals surface area contributed by atoms with Gasteiger partial charge in [-0.2, -0.15) is 0 Å². The summed E-state index contributed by atoms with van der Waals surface area (Å²) in [4.78, 5) is 0. The molecule has 10 atom stereocenters. The van der Waals surface area contributed by atoms with Crippen LogP contribution in [0.1, 0.15) is 36.1 Å². The summed E-state index contributed by atoms with van der Waals surface area (Å²) in [6, 6.07) is 39.6. The molecule has 2 saturated heterocycles. The molecule has 9 nitrogen and oxygen atoms in total. The van der Waals surface area contributed by atoms with Gasteiger partial charge in [0.25, 0.3) is 0 Å². The van der Waals surface area contributed by atoms with Crippen molar-refractivity contribution < 1.29 is 43.0 Å². The molecule has 0 aliphatic carbocycles. The van der Waals surface area contributed by atoms with Gasteiger partial charge in [-0.15, -0.1) is 6.58 Å². The minimum absolute atomic E-state index is 0.246. The van der Waals surface area contributed by atoms with Crippen molar-refractivity contribution >= 4 is 0 Å². The first-order valence-corrected chi connectivity index (χ1v) is 18.0. The van der Waals surface area contributed by atoms with Crippen LogP contribution in [0.15, 0.2) is 134 Å². The summed E-state index contributed by atoms with van der Waals surface area (Å²) in [6.45, 7) is 9.09. The van der Waals surface area contributed by atoms with Gasteiger partial charge >= 0.3 is 0 Å². The summed E-state index contributed by atoms with van der Waals surface area (Å²) in [7, 11) is 0. The normalized spacial score (nSPS) is 29.1. The molecule has 0 saturated carbocycles. The van der Waals surface area contributed by atoms with E-state index in [1.165, 1.54) is 0 Å². The van der Waals surface area contributed by atoms with Gasteiger partial charge in [-0.1, -0.05) is 127 Å². The van der Waals surface area contributed by atoms with E-state index in [-0.39, 0.29) is 19.8 Å². The van der Waals surface area contributed by atoms with Gasteiger partial charge in [0.1, 0.15) is 36.6 Å². The monoisotopic (exact) mass is 710 g/mol. The molecule has 0 radical (unpaired) electrons. The topological polar surface area (TPSA) is 94.1 Å². The van der Waals surface area contributed by atoms with Crippen LogP contribution in [0, 0.1) is 0 Å². The summed E-state index contributed by atoms with van der Waals surface area (Å²) in [5.74, 6) is 0. The molecule has 4 aromatic rings. The first kappa shape index (κ1) is 38.0. The summed E-state index contributed by atoms with van der Waals surface area (Å²) in [6.07, 6.45) is -5.66. The van der Waals surface area contributed by atoms with Gasteiger partial charge in [-0.3, -0.25) is 0 Å². The second-order valence-corrected chi connectivity index (χ2v) is 13.2. The lowest BCUT2D eigenvalue weighted by Gasteiger charge is -2.49. The van der Waals surface area contributed by atoms with E-state index in [9.17, 15) is 5.11 Å². The summed E-state index contributed by atoms with van der Waals surface area (Å²) in [5.41, 5.74) is 3.93. The van der Waals surface area contributed by atoms with Crippen LogP contribution >= 0.6 is 0 Å². The van der Waals surface area contributed by atoms with Crippen molar-refractivity contribution in [3.8, 4) is 0 Å². The quantitative estimate of drug-likeness (QED) is 0.119. The minimum atomic E-state index is -1.26. The van der Waals surface area contributed by atoms with E-state index in [1.54, 1.807) is 6.08 Å². The molecule has 2 fully saturated rings. The van der Waals surface area contributed by atoms with Gasteiger partial charge in [0.2, 0.25) is 0 Å². The highest BCUT2D eigenvalue weighted by Crippen LogP contribution is 2.35. The number of aliphatic hydroxyl groups is 1. The zero-order valence-electron chi connectivity index (χ0n) is 29.9. The van der Waals surface area contributed by atoms with Crippen LogP contribution in [0.2, 0.25) is 0 Å². The Bertz CT molecular complexity index is 1590. The third-order valence-electron chi connectivity index (χ3n) is 9.31. The van der Waals surface area contributed by atoms with E-state index in [4.69, 9.17) is 37.9 Å². The van der Waals surface area contributed by atoms with Crippen LogP contribution in [0.25, 0.3) is 0 Å². The van der Waals surface area contributed by atoms with Crippen LogP contribution in [0.3, 0.4) is 0 Å². The molecular weight excluding hydrogens is 660 g/mol. The Kier molecular flexibility index (Phi) is 14.2. The molecule has 2 aliphatic heterocycles. The molecule has 0 amide bonds. The van der Waals surface area contributed by atoms with E-state index in [0.29, 0.717) is 13.2 Å². The standard InChI is InChI=1S/C43H50O9/c1-4-25-45-36-30(2)51-43(41(49-29-35-23-15-8-16-24-35)38(36)46-26-32-17-9-5-10-18-32)52-37-31(3)50-42(44)40(48-28-34-21-13-7-14-22-34)39(37)47-27-33-19-11-6-12-20-33/h4-24,30-31,36-44H,1,25-29H2,2-3H3/t30-,31-,36-,37-,38+,39+,40-,41-,42-,43-/m1/s1. The Morgan fingerprint density at radius 3 is 1.33 bits per heavy atom. The van der Waals surface area contributed by atoms with Crippen LogP contribution < -0.4 is 0 Å². The molecule has 1 N–H and O–H groups in total. The Morgan fingerprint density at radius 1 is 0.500 bits per heavy atom. The highest BCUT2D eigenvalue weighted by Gasteiger charge is 2.52. The van der Waals surface area contributed by atoms with Crippen molar-refractivity contribution in [3.05, 3.63) is 156 Å². The zero-order chi connectivity index (χ0) is 36.1. The SMILES string of the molecule is C=CCO[C@H]1[C@H](OCc2ccccc2)[C@@H](OCc2ccccc2)[C@@H](O[C@H]2[C@H](OCc3ccccc3)[C@@H](OCc3ccccc3)[C@H](O)O[C@@H]2C)O[C@@H]1C. The first-order chi connectivity index (χ1) is 25.5. The second-order valence-electron chi connectivity index (χ2n) is 13.2. The maximum absolute atomic E-state index is 11.3. The predicted molar refractivity (Wildman–Crippen MR) is 196 cm³/mol. The van der Waals surface area contributed by atoms with Crippen molar-refractivity contribution in [1.29, 1.82) is 0 Å². The van der Waals surface area contributed by atoms with Gasteiger partial charge in [-0.25, -0.2) is 0 Å². The molecule has 2 aliphatic rings. The molecule has 0 unspecified atom stereocenters. The van der Waals surface area contributed by atoms with Gasteiger partial charge in [0.05, 0.1) is 45.2 Å². The Morgan fingerprint density at radius 2 is 0.885 bits per heavy atom. The van der Waals surface area contributed by atoms with E-state index < -0.39 is 61.4 Å². The molecule has 9 heteroatoms. The van der Waals surface area contributed by atoms with Gasteiger partial charge in [0.15, 0.2) is 12.6 Å². The summed E-state index contributed by atoms with van der Waals surface area (Å²) >= 11 is 0. The molecule has 4 aromatic carbocycles. The van der Waals surface area contributed by atoms with Gasteiger partial charge in [0, 0.05) is 0 Å². The molecule has 0 bridgehead atoms. The second kappa shape index (κ2) is 19.4. The molecule has 52 heavy (non-hydrogen) atoms. The largest absolute Gasteiger partial charge is 0.369 e. The highest BCUT2D eigenvalue weighted by molar-refractivity contribution is 5.16. The predicted octanol–water partition coefficient (Wildman–Crippen LogP) is 6.77. The third-order valence-corrected chi connectivity index (χ3v) is 9.31. The van der Waals surface area contributed by atoms with E-state index >= 15 is 0 Å². The molecule has 0 spiro atoms. The Hall–Kier alpha value is -3.74.